The van der Waals surface area contributed by atoms with Gasteiger partial charge in [0, 0.05) is 5.56 Å². The lowest BCUT2D eigenvalue weighted by molar-refractivity contribution is 0.0438. The summed E-state index contributed by atoms with van der Waals surface area (Å²) in [6.45, 7) is -0.0921. The molecule has 0 aliphatic heterocycles. The Kier molecular flexibility index (Phi) is 3.51. The number of benzene rings is 1. The Morgan fingerprint density at radius 2 is 2.05 bits per heavy atom. The topological polar surface area (TPSA) is 65.5 Å². The van der Waals surface area contributed by atoms with Gasteiger partial charge in [-0.2, -0.15) is 0 Å². The molecule has 0 aliphatic carbocycles. The van der Waals surface area contributed by atoms with Crippen molar-refractivity contribution in [2.75, 3.05) is 0 Å². The van der Waals surface area contributed by atoms with E-state index in [2.05, 4.69) is 4.98 Å². The molecule has 0 saturated carbocycles. The van der Waals surface area contributed by atoms with E-state index in [9.17, 15) is 9.18 Å². The summed E-state index contributed by atoms with van der Waals surface area (Å²) in [5.74, 6) is -0.117. The number of aromatic nitrogens is 1. The first-order valence-electron chi connectivity index (χ1n) is 6.12. The van der Waals surface area contributed by atoms with E-state index < -0.39 is 5.97 Å². The highest BCUT2D eigenvalue weighted by Gasteiger charge is 2.12. The fourth-order valence-electron chi connectivity index (χ4n) is 1.72. The van der Waals surface area contributed by atoms with Crippen LogP contribution in [0.15, 0.2) is 57.9 Å². The molecule has 0 aliphatic rings. The third kappa shape index (κ3) is 3.00. The number of nitrogens with zero attached hydrogens (tertiary/aromatic N) is 1. The van der Waals surface area contributed by atoms with Crippen LogP contribution in [0.4, 0.5) is 4.39 Å². The molecule has 0 fully saturated rings. The zero-order chi connectivity index (χ0) is 14.7. The highest BCUT2D eigenvalue weighted by molar-refractivity contribution is 5.88. The molecule has 5 nitrogen and oxygen atoms in total. The van der Waals surface area contributed by atoms with Crippen molar-refractivity contribution in [2.24, 2.45) is 0 Å². The molecule has 2 aromatic heterocycles. The van der Waals surface area contributed by atoms with Gasteiger partial charge in [0.2, 0.25) is 5.89 Å². The van der Waals surface area contributed by atoms with Gasteiger partial charge in [-0.25, -0.2) is 14.2 Å². The minimum absolute atomic E-state index is 0.0921. The minimum atomic E-state index is -0.523. The molecule has 1 aromatic carbocycles. The molecule has 0 atom stereocenters. The normalized spacial score (nSPS) is 10.5. The average Bonchev–Trinajstić information content (AvgIpc) is 3.17. The average molecular weight is 287 g/mol. The molecule has 0 unspecified atom stereocenters. The largest absolute Gasteiger partial charge is 0.472 e. The van der Waals surface area contributed by atoms with E-state index in [4.69, 9.17) is 13.6 Å². The second kappa shape index (κ2) is 5.62. The minimum Gasteiger partial charge on any atom is -0.472 e. The first-order chi connectivity index (χ1) is 10.2. The summed E-state index contributed by atoms with van der Waals surface area (Å²) in [7, 11) is 0. The number of furan rings is 1. The molecule has 0 spiro atoms. The van der Waals surface area contributed by atoms with Crippen LogP contribution in [0.2, 0.25) is 0 Å². The van der Waals surface area contributed by atoms with Crippen molar-refractivity contribution in [2.45, 2.75) is 6.61 Å². The predicted octanol–water partition coefficient (Wildman–Crippen LogP) is 3.43. The van der Waals surface area contributed by atoms with Gasteiger partial charge in [-0.15, -0.1) is 0 Å². The summed E-state index contributed by atoms with van der Waals surface area (Å²) in [6.07, 6.45) is 4.17. The monoisotopic (exact) mass is 287 g/mol. The SMILES string of the molecule is O=C(OCc1ncc(-c2ccc(F)cc2)o1)c1ccoc1. The van der Waals surface area contributed by atoms with Crippen LogP contribution in [0, 0.1) is 5.82 Å². The molecular formula is C15H10FNO4. The molecule has 21 heavy (non-hydrogen) atoms. The third-order valence-corrected chi connectivity index (χ3v) is 2.77. The summed E-state index contributed by atoms with van der Waals surface area (Å²) in [5, 5.41) is 0. The van der Waals surface area contributed by atoms with Crippen molar-refractivity contribution >= 4 is 5.97 Å². The van der Waals surface area contributed by atoms with Crippen molar-refractivity contribution in [3.05, 3.63) is 66.3 Å². The fraction of sp³-hybridized carbons (Fsp3) is 0.0667. The van der Waals surface area contributed by atoms with E-state index in [0.717, 1.165) is 0 Å². The van der Waals surface area contributed by atoms with E-state index in [1.54, 1.807) is 12.1 Å². The van der Waals surface area contributed by atoms with E-state index in [1.165, 1.54) is 36.9 Å². The van der Waals surface area contributed by atoms with Crippen LogP contribution in [-0.4, -0.2) is 11.0 Å². The zero-order valence-electron chi connectivity index (χ0n) is 10.8. The van der Waals surface area contributed by atoms with Crippen LogP contribution in [0.1, 0.15) is 16.2 Å². The van der Waals surface area contributed by atoms with Crippen LogP contribution < -0.4 is 0 Å². The number of carbonyl (C=O) groups is 1. The first-order valence-corrected chi connectivity index (χ1v) is 6.12. The lowest BCUT2D eigenvalue weighted by Gasteiger charge is -1.99. The summed E-state index contributed by atoms with van der Waals surface area (Å²) in [5.41, 5.74) is 1.01. The van der Waals surface area contributed by atoms with Gasteiger partial charge in [0.25, 0.3) is 0 Å². The van der Waals surface area contributed by atoms with Crippen molar-refractivity contribution in [1.82, 2.24) is 4.98 Å². The summed E-state index contributed by atoms with van der Waals surface area (Å²) in [6, 6.07) is 7.32. The second-order valence-electron chi connectivity index (χ2n) is 4.21. The van der Waals surface area contributed by atoms with Crippen LogP contribution in [-0.2, 0) is 11.3 Å². The maximum atomic E-state index is 12.8. The zero-order valence-corrected chi connectivity index (χ0v) is 10.8. The van der Waals surface area contributed by atoms with Gasteiger partial charge in [0.05, 0.1) is 18.0 Å². The molecule has 3 aromatic rings. The van der Waals surface area contributed by atoms with E-state index in [-0.39, 0.29) is 18.3 Å². The standard InChI is InChI=1S/C15H10FNO4/c16-12-3-1-10(2-4-12)13-7-17-14(21-13)9-20-15(18)11-5-6-19-8-11/h1-8H,9H2. The van der Waals surface area contributed by atoms with Gasteiger partial charge >= 0.3 is 5.97 Å². The van der Waals surface area contributed by atoms with Gasteiger partial charge in [0.15, 0.2) is 12.4 Å². The Balaban J connectivity index is 1.65. The van der Waals surface area contributed by atoms with Gasteiger partial charge in [-0.3, -0.25) is 0 Å². The van der Waals surface area contributed by atoms with Gasteiger partial charge in [-0.05, 0) is 30.3 Å². The van der Waals surface area contributed by atoms with Gasteiger partial charge in [0.1, 0.15) is 12.1 Å². The molecule has 2 heterocycles. The highest BCUT2D eigenvalue weighted by Crippen LogP contribution is 2.21. The number of esters is 1. The second-order valence-corrected chi connectivity index (χ2v) is 4.21. The number of ether oxygens (including phenoxy) is 1. The van der Waals surface area contributed by atoms with Crippen molar-refractivity contribution in [3.63, 3.8) is 0 Å². The molecule has 0 saturated heterocycles. The van der Waals surface area contributed by atoms with Crippen LogP contribution in [0.25, 0.3) is 11.3 Å². The van der Waals surface area contributed by atoms with Gasteiger partial charge in [-0.1, -0.05) is 0 Å². The number of halogens is 1. The molecule has 6 heteroatoms. The molecule has 0 N–H and O–H groups in total. The van der Waals surface area contributed by atoms with Crippen LogP contribution in [0.5, 0.6) is 0 Å². The van der Waals surface area contributed by atoms with E-state index >= 15 is 0 Å². The Morgan fingerprint density at radius 1 is 1.24 bits per heavy atom. The number of hydrogen-bond acceptors (Lipinski definition) is 5. The molecule has 3 rings (SSSR count). The third-order valence-electron chi connectivity index (χ3n) is 2.77. The molecule has 0 radical (unpaired) electrons. The van der Waals surface area contributed by atoms with Crippen LogP contribution >= 0.6 is 0 Å². The number of rotatable bonds is 4. The van der Waals surface area contributed by atoms with E-state index in [0.29, 0.717) is 16.9 Å². The summed E-state index contributed by atoms with van der Waals surface area (Å²) >= 11 is 0. The van der Waals surface area contributed by atoms with E-state index in [1.807, 2.05) is 0 Å². The Hall–Kier alpha value is -2.89. The molecule has 0 bridgehead atoms. The summed E-state index contributed by atoms with van der Waals surface area (Å²) in [4.78, 5) is 15.6. The van der Waals surface area contributed by atoms with Crippen molar-refractivity contribution in [3.8, 4) is 11.3 Å². The quantitative estimate of drug-likeness (QED) is 0.688. The molecule has 0 amide bonds. The van der Waals surface area contributed by atoms with Gasteiger partial charge < -0.3 is 13.6 Å². The van der Waals surface area contributed by atoms with Crippen molar-refractivity contribution in [1.29, 1.82) is 0 Å². The smallest absolute Gasteiger partial charge is 0.341 e. The van der Waals surface area contributed by atoms with Crippen molar-refractivity contribution < 1.29 is 22.8 Å². The van der Waals surface area contributed by atoms with Crippen LogP contribution in [0.3, 0.4) is 0 Å². The lowest BCUT2D eigenvalue weighted by atomic mass is 10.2. The fourth-order valence-corrected chi connectivity index (χ4v) is 1.72. The maximum Gasteiger partial charge on any atom is 0.341 e. The lowest BCUT2D eigenvalue weighted by Crippen LogP contribution is -2.03. The first kappa shape index (κ1) is 13.1. The molecular weight excluding hydrogens is 277 g/mol. The Labute approximate surface area is 119 Å². The summed E-state index contributed by atoms with van der Waals surface area (Å²) < 4.78 is 28.1. The number of hydrogen-bond donors (Lipinski definition) is 0. The molecule has 106 valence electrons. The number of oxazole rings is 1. The Bertz CT molecular complexity index is 731. The highest BCUT2D eigenvalue weighted by atomic mass is 19.1. The number of carbonyl (C=O) groups excluding carboxylic acids is 1. The maximum absolute atomic E-state index is 12.8. The predicted molar refractivity (Wildman–Crippen MR) is 69.7 cm³/mol. The Morgan fingerprint density at radius 3 is 2.76 bits per heavy atom.